The molecule has 0 radical (unpaired) electrons. The van der Waals surface area contributed by atoms with Crippen LogP contribution in [-0.2, 0) is 16.1 Å². The number of carbonyl (C=O) groups is 3. The Balaban J connectivity index is 2.42. The van der Waals surface area contributed by atoms with E-state index in [-0.39, 0.29) is 31.5 Å². The van der Waals surface area contributed by atoms with Gasteiger partial charge in [0.2, 0.25) is 6.41 Å². The van der Waals surface area contributed by atoms with Gasteiger partial charge in [0.15, 0.2) is 0 Å². The predicted octanol–water partition coefficient (Wildman–Crippen LogP) is 1.08. The van der Waals surface area contributed by atoms with Crippen molar-refractivity contribution in [1.82, 2.24) is 9.88 Å². The number of anilines is 1. The van der Waals surface area contributed by atoms with E-state index in [4.69, 9.17) is 5.11 Å². The SMILES string of the molecule is CNC(=O)c1cc(N(C=O)CCCC(=O)O)cn(Cc2ccccc2)c1=O. The molecular formula is C19H21N3O5. The molecule has 2 N–H and O–H groups in total. The third kappa shape index (κ3) is 5.27. The van der Waals surface area contributed by atoms with Crippen LogP contribution in [-0.4, -0.2) is 41.6 Å². The zero-order valence-corrected chi connectivity index (χ0v) is 14.9. The van der Waals surface area contributed by atoms with E-state index >= 15 is 0 Å². The van der Waals surface area contributed by atoms with Gasteiger partial charge in [-0.15, -0.1) is 0 Å². The van der Waals surface area contributed by atoms with Crippen molar-refractivity contribution in [3.63, 3.8) is 0 Å². The van der Waals surface area contributed by atoms with Gasteiger partial charge in [0, 0.05) is 26.2 Å². The molecule has 0 aliphatic carbocycles. The molecule has 0 spiro atoms. The molecule has 2 amide bonds. The van der Waals surface area contributed by atoms with Gasteiger partial charge in [-0.05, 0) is 18.1 Å². The van der Waals surface area contributed by atoms with Crippen LogP contribution in [0.2, 0.25) is 0 Å². The molecule has 1 heterocycles. The van der Waals surface area contributed by atoms with Crippen molar-refractivity contribution in [3.8, 4) is 0 Å². The number of carbonyl (C=O) groups excluding carboxylic acids is 2. The number of rotatable bonds is 9. The molecule has 1 aromatic heterocycles. The van der Waals surface area contributed by atoms with Gasteiger partial charge in [-0.2, -0.15) is 0 Å². The maximum Gasteiger partial charge on any atom is 0.303 e. The van der Waals surface area contributed by atoms with Gasteiger partial charge in [0.1, 0.15) is 5.56 Å². The van der Waals surface area contributed by atoms with Crippen LogP contribution in [0, 0.1) is 0 Å². The Morgan fingerprint density at radius 2 is 1.96 bits per heavy atom. The number of aliphatic carboxylic acids is 1. The van der Waals surface area contributed by atoms with E-state index in [1.54, 1.807) is 0 Å². The molecule has 0 unspecified atom stereocenters. The first-order valence-corrected chi connectivity index (χ1v) is 8.40. The smallest absolute Gasteiger partial charge is 0.303 e. The summed E-state index contributed by atoms with van der Waals surface area (Å²) in [5.74, 6) is -1.51. The second-order valence-corrected chi connectivity index (χ2v) is 5.91. The first-order valence-electron chi connectivity index (χ1n) is 8.40. The summed E-state index contributed by atoms with van der Waals surface area (Å²) in [6.07, 6.45) is 2.22. The zero-order valence-electron chi connectivity index (χ0n) is 14.9. The lowest BCUT2D eigenvalue weighted by molar-refractivity contribution is -0.137. The highest BCUT2D eigenvalue weighted by molar-refractivity contribution is 5.95. The van der Waals surface area contributed by atoms with Crippen molar-refractivity contribution in [2.24, 2.45) is 0 Å². The van der Waals surface area contributed by atoms with Crippen LogP contribution in [0.3, 0.4) is 0 Å². The molecule has 142 valence electrons. The van der Waals surface area contributed by atoms with Crippen molar-refractivity contribution >= 4 is 24.0 Å². The van der Waals surface area contributed by atoms with Gasteiger partial charge in [-0.1, -0.05) is 30.3 Å². The fourth-order valence-electron chi connectivity index (χ4n) is 2.62. The molecule has 2 aromatic rings. The number of benzene rings is 1. The van der Waals surface area contributed by atoms with E-state index in [0.717, 1.165) is 5.56 Å². The minimum Gasteiger partial charge on any atom is -0.481 e. The number of pyridine rings is 1. The molecule has 0 aliphatic heterocycles. The summed E-state index contributed by atoms with van der Waals surface area (Å²) in [6.45, 7) is 0.395. The Morgan fingerprint density at radius 1 is 1.26 bits per heavy atom. The molecule has 0 atom stereocenters. The van der Waals surface area contributed by atoms with Crippen LogP contribution in [0.5, 0.6) is 0 Å². The minimum atomic E-state index is -0.957. The largest absolute Gasteiger partial charge is 0.481 e. The lowest BCUT2D eigenvalue weighted by Crippen LogP contribution is -2.33. The normalized spacial score (nSPS) is 10.3. The fourth-order valence-corrected chi connectivity index (χ4v) is 2.62. The summed E-state index contributed by atoms with van der Waals surface area (Å²) in [6, 6.07) is 10.6. The molecule has 0 aliphatic rings. The van der Waals surface area contributed by atoms with Crippen LogP contribution in [0.25, 0.3) is 0 Å². The Morgan fingerprint density at radius 3 is 2.56 bits per heavy atom. The van der Waals surface area contributed by atoms with Crippen molar-refractivity contribution in [1.29, 1.82) is 0 Å². The molecular weight excluding hydrogens is 350 g/mol. The summed E-state index contributed by atoms with van der Waals surface area (Å²) >= 11 is 0. The first kappa shape index (κ1) is 19.9. The number of aromatic nitrogens is 1. The number of hydrogen-bond donors (Lipinski definition) is 2. The summed E-state index contributed by atoms with van der Waals surface area (Å²) in [4.78, 5) is 48.2. The lowest BCUT2D eigenvalue weighted by atomic mass is 10.2. The molecule has 8 heteroatoms. The third-order valence-electron chi connectivity index (χ3n) is 3.99. The monoisotopic (exact) mass is 371 g/mol. The Bertz CT molecular complexity index is 877. The molecule has 0 fully saturated rings. The van der Waals surface area contributed by atoms with E-state index in [1.807, 2.05) is 30.3 Å². The quantitative estimate of drug-likeness (QED) is 0.641. The summed E-state index contributed by atoms with van der Waals surface area (Å²) in [5, 5.41) is 11.2. The van der Waals surface area contributed by atoms with Gasteiger partial charge in [-0.3, -0.25) is 19.2 Å². The average molecular weight is 371 g/mol. The number of amides is 2. The van der Waals surface area contributed by atoms with Gasteiger partial charge < -0.3 is 19.9 Å². The van der Waals surface area contributed by atoms with Gasteiger partial charge in [0.05, 0.1) is 12.2 Å². The van der Waals surface area contributed by atoms with Crippen molar-refractivity contribution < 1.29 is 19.5 Å². The van der Waals surface area contributed by atoms with Crippen molar-refractivity contribution in [2.45, 2.75) is 19.4 Å². The molecule has 1 aromatic carbocycles. The van der Waals surface area contributed by atoms with E-state index in [1.165, 1.54) is 28.8 Å². The van der Waals surface area contributed by atoms with Crippen molar-refractivity contribution in [2.75, 3.05) is 18.5 Å². The van der Waals surface area contributed by atoms with E-state index < -0.39 is 17.4 Å². The number of hydrogen-bond acceptors (Lipinski definition) is 4. The Labute approximate surface area is 156 Å². The Hall–Kier alpha value is -3.42. The fraction of sp³-hybridized carbons (Fsp3) is 0.263. The molecule has 0 saturated carbocycles. The number of carboxylic acid groups (broad SMARTS) is 1. The van der Waals surface area contributed by atoms with Gasteiger partial charge >= 0.3 is 5.97 Å². The van der Waals surface area contributed by atoms with Crippen LogP contribution < -0.4 is 15.8 Å². The third-order valence-corrected chi connectivity index (χ3v) is 3.99. The Kier molecular flexibility index (Phi) is 6.87. The van der Waals surface area contributed by atoms with E-state index in [2.05, 4.69) is 5.32 Å². The van der Waals surface area contributed by atoms with Gasteiger partial charge in [0.25, 0.3) is 11.5 Å². The van der Waals surface area contributed by atoms with Crippen molar-refractivity contribution in [3.05, 3.63) is 64.1 Å². The van der Waals surface area contributed by atoms with Crippen LogP contribution in [0.1, 0.15) is 28.8 Å². The zero-order chi connectivity index (χ0) is 19.8. The molecule has 2 rings (SSSR count). The molecule has 0 bridgehead atoms. The summed E-state index contributed by atoms with van der Waals surface area (Å²) < 4.78 is 1.36. The minimum absolute atomic E-state index is 0.0870. The summed E-state index contributed by atoms with van der Waals surface area (Å²) in [5.41, 5.74) is 0.655. The second-order valence-electron chi connectivity index (χ2n) is 5.91. The standard InChI is InChI=1S/C19H21N3O5/c1-20-18(26)16-10-15(21(13-23)9-5-8-17(24)25)12-22(19(16)27)11-14-6-3-2-4-7-14/h2-4,6-7,10,12-13H,5,8-9,11H2,1H3,(H,20,26)(H,24,25). The predicted molar refractivity (Wildman–Crippen MR) is 99.9 cm³/mol. The van der Waals surface area contributed by atoms with Gasteiger partial charge in [-0.25, -0.2) is 0 Å². The number of nitrogens with zero attached hydrogens (tertiary/aromatic N) is 2. The molecule has 27 heavy (non-hydrogen) atoms. The van der Waals surface area contributed by atoms with E-state index in [0.29, 0.717) is 12.1 Å². The maximum absolute atomic E-state index is 12.7. The topological polar surface area (TPSA) is 109 Å². The highest BCUT2D eigenvalue weighted by atomic mass is 16.4. The first-order chi connectivity index (χ1) is 13.0. The number of carboxylic acids is 1. The molecule has 8 nitrogen and oxygen atoms in total. The molecule has 0 saturated heterocycles. The highest BCUT2D eigenvalue weighted by Gasteiger charge is 2.16. The second kappa shape index (κ2) is 9.33. The van der Waals surface area contributed by atoms with Crippen LogP contribution >= 0.6 is 0 Å². The van der Waals surface area contributed by atoms with Crippen LogP contribution in [0.4, 0.5) is 5.69 Å². The van der Waals surface area contributed by atoms with Crippen LogP contribution in [0.15, 0.2) is 47.4 Å². The van der Waals surface area contributed by atoms with E-state index in [9.17, 15) is 19.2 Å². The number of nitrogens with one attached hydrogen (secondary N) is 1. The maximum atomic E-state index is 12.7. The average Bonchev–Trinajstić information content (AvgIpc) is 2.67. The summed E-state index contributed by atoms with van der Waals surface area (Å²) in [7, 11) is 1.42. The highest BCUT2D eigenvalue weighted by Crippen LogP contribution is 2.15. The lowest BCUT2D eigenvalue weighted by Gasteiger charge is -2.19.